The minimum Gasteiger partial charge on any atom is -0.446 e. The summed E-state index contributed by atoms with van der Waals surface area (Å²) >= 11 is 3.15. The molecule has 0 radical (unpaired) electrons. The topological polar surface area (TPSA) is 41.8 Å². The quantitative estimate of drug-likeness (QED) is 0.708. The van der Waals surface area contributed by atoms with Gasteiger partial charge in [-0.1, -0.05) is 0 Å². The van der Waals surface area contributed by atoms with Crippen LogP contribution in [0.2, 0.25) is 0 Å². The molecule has 7 heteroatoms. The molecular weight excluding hydrogens is 325 g/mol. The van der Waals surface area contributed by atoms with Gasteiger partial charge in [0.2, 0.25) is 0 Å². The molecule has 98 valence electrons. The fourth-order valence-corrected chi connectivity index (χ4v) is 2.05. The molecule has 0 bridgehead atoms. The van der Waals surface area contributed by atoms with Gasteiger partial charge in [0.15, 0.2) is 16.3 Å². The van der Waals surface area contributed by atoms with E-state index in [-0.39, 0.29) is 0 Å². The summed E-state index contributed by atoms with van der Waals surface area (Å²) in [5, 5.41) is 0. The summed E-state index contributed by atoms with van der Waals surface area (Å²) in [7, 11) is 0. The third-order valence-electron chi connectivity index (χ3n) is 2.62. The number of nitrogens with one attached hydrogen (secondary N) is 1. The summed E-state index contributed by atoms with van der Waals surface area (Å²) in [6, 6.07) is 6.72. The number of fused-ring (bicyclic) bond motifs is 1. The van der Waals surface area contributed by atoms with E-state index in [9.17, 15) is 13.2 Å². The Kier molecular flexibility index (Phi) is 2.67. The molecular formula is C12H6BrF3N2O. The Morgan fingerprint density at radius 3 is 2.58 bits per heavy atom. The van der Waals surface area contributed by atoms with E-state index in [1.54, 1.807) is 12.1 Å². The monoisotopic (exact) mass is 330 g/mol. The highest BCUT2D eigenvalue weighted by Crippen LogP contribution is 2.32. The van der Waals surface area contributed by atoms with Crippen LogP contribution >= 0.6 is 15.9 Å². The maximum atomic E-state index is 12.6. The molecule has 1 aromatic carbocycles. The van der Waals surface area contributed by atoms with Crippen LogP contribution in [0, 0.1) is 0 Å². The first kappa shape index (κ1) is 12.3. The molecule has 0 aliphatic heterocycles. The summed E-state index contributed by atoms with van der Waals surface area (Å²) in [6.45, 7) is 0. The minimum atomic E-state index is -4.37. The van der Waals surface area contributed by atoms with Gasteiger partial charge in [-0.2, -0.15) is 13.2 Å². The van der Waals surface area contributed by atoms with Crippen LogP contribution in [0.4, 0.5) is 13.2 Å². The fourth-order valence-electron chi connectivity index (χ4n) is 1.74. The largest absolute Gasteiger partial charge is 0.446 e. The number of H-pyrrole nitrogens is 1. The number of nitrogens with zero attached hydrogens (tertiary/aromatic N) is 1. The number of aromatic amines is 1. The summed E-state index contributed by atoms with van der Waals surface area (Å²) in [5.74, 6) is 0.844. The second kappa shape index (κ2) is 4.12. The van der Waals surface area contributed by atoms with E-state index in [0.29, 0.717) is 27.3 Å². The average Bonchev–Trinajstić information content (AvgIpc) is 2.92. The highest BCUT2D eigenvalue weighted by atomic mass is 79.9. The summed E-state index contributed by atoms with van der Waals surface area (Å²) in [4.78, 5) is 6.99. The third-order valence-corrected chi connectivity index (χ3v) is 3.04. The Balaban J connectivity index is 2.11. The highest BCUT2D eigenvalue weighted by molar-refractivity contribution is 9.10. The van der Waals surface area contributed by atoms with Gasteiger partial charge in [-0.15, -0.1) is 0 Å². The molecule has 2 aromatic heterocycles. The maximum absolute atomic E-state index is 12.6. The Hall–Kier alpha value is -1.76. The average molecular weight is 331 g/mol. The van der Waals surface area contributed by atoms with Gasteiger partial charge < -0.3 is 9.40 Å². The second-order valence-electron chi connectivity index (χ2n) is 3.92. The minimum absolute atomic E-state index is 0.317. The summed E-state index contributed by atoms with van der Waals surface area (Å²) < 4.78 is 43.6. The molecule has 3 aromatic rings. The van der Waals surface area contributed by atoms with Crippen LogP contribution in [0.3, 0.4) is 0 Å². The Bertz CT molecular complexity index is 745. The molecule has 0 unspecified atom stereocenters. The lowest BCUT2D eigenvalue weighted by Crippen LogP contribution is -2.04. The van der Waals surface area contributed by atoms with E-state index >= 15 is 0 Å². The number of hydrogen-bond donors (Lipinski definition) is 1. The van der Waals surface area contributed by atoms with Gasteiger partial charge in [0.1, 0.15) is 0 Å². The molecule has 0 atom stereocenters. The first-order valence-electron chi connectivity index (χ1n) is 5.26. The van der Waals surface area contributed by atoms with Crippen molar-refractivity contribution < 1.29 is 17.6 Å². The van der Waals surface area contributed by atoms with E-state index in [4.69, 9.17) is 4.42 Å². The smallest absolute Gasteiger partial charge is 0.416 e. The molecule has 2 heterocycles. The van der Waals surface area contributed by atoms with E-state index in [1.807, 2.05) is 0 Å². The van der Waals surface area contributed by atoms with E-state index in [1.165, 1.54) is 6.07 Å². The SMILES string of the molecule is FC(F)(F)c1ccc2nc(-c3ccc(Br)o3)[nH]c2c1. The number of alkyl halides is 3. The van der Waals surface area contributed by atoms with Crippen molar-refractivity contribution in [3.05, 3.63) is 40.6 Å². The Morgan fingerprint density at radius 2 is 1.95 bits per heavy atom. The molecule has 0 aliphatic rings. The highest BCUT2D eigenvalue weighted by Gasteiger charge is 2.30. The predicted molar refractivity (Wildman–Crippen MR) is 66.5 cm³/mol. The van der Waals surface area contributed by atoms with Crippen molar-refractivity contribution >= 4 is 27.0 Å². The summed E-state index contributed by atoms with van der Waals surface area (Å²) in [6.07, 6.45) is -4.37. The van der Waals surface area contributed by atoms with Crippen LogP contribution < -0.4 is 0 Å². The van der Waals surface area contributed by atoms with Crippen molar-refractivity contribution in [3.8, 4) is 11.6 Å². The van der Waals surface area contributed by atoms with Gasteiger partial charge in [0.25, 0.3) is 0 Å². The number of furan rings is 1. The van der Waals surface area contributed by atoms with Crippen LogP contribution in [-0.2, 0) is 6.18 Å². The van der Waals surface area contributed by atoms with Crippen LogP contribution in [0.25, 0.3) is 22.6 Å². The zero-order chi connectivity index (χ0) is 13.6. The molecule has 19 heavy (non-hydrogen) atoms. The van der Waals surface area contributed by atoms with Crippen molar-refractivity contribution in [1.82, 2.24) is 9.97 Å². The van der Waals surface area contributed by atoms with Gasteiger partial charge in [-0.05, 0) is 46.3 Å². The van der Waals surface area contributed by atoms with Crippen LogP contribution in [-0.4, -0.2) is 9.97 Å². The number of hydrogen-bond acceptors (Lipinski definition) is 2. The van der Waals surface area contributed by atoms with Gasteiger partial charge in [-0.3, -0.25) is 0 Å². The van der Waals surface area contributed by atoms with E-state index in [0.717, 1.165) is 12.1 Å². The van der Waals surface area contributed by atoms with Crippen molar-refractivity contribution in [3.63, 3.8) is 0 Å². The molecule has 0 aliphatic carbocycles. The number of rotatable bonds is 1. The Morgan fingerprint density at radius 1 is 1.16 bits per heavy atom. The molecule has 1 N–H and O–H groups in total. The molecule has 0 fully saturated rings. The number of aromatic nitrogens is 2. The number of benzene rings is 1. The molecule has 0 amide bonds. The second-order valence-corrected chi connectivity index (χ2v) is 4.70. The van der Waals surface area contributed by atoms with Crippen molar-refractivity contribution in [2.75, 3.05) is 0 Å². The van der Waals surface area contributed by atoms with Crippen LogP contribution in [0.5, 0.6) is 0 Å². The normalized spacial score (nSPS) is 12.2. The zero-order valence-electron chi connectivity index (χ0n) is 9.25. The van der Waals surface area contributed by atoms with E-state index < -0.39 is 11.7 Å². The van der Waals surface area contributed by atoms with Crippen molar-refractivity contribution in [1.29, 1.82) is 0 Å². The zero-order valence-corrected chi connectivity index (χ0v) is 10.8. The maximum Gasteiger partial charge on any atom is 0.416 e. The number of halogens is 4. The van der Waals surface area contributed by atoms with Crippen LogP contribution in [0.1, 0.15) is 5.56 Å². The van der Waals surface area contributed by atoms with E-state index in [2.05, 4.69) is 25.9 Å². The van der Waals surface area contributed by atoms with Gasteiger partial charge in [-0.25, -0.2) is 4.98 Å². The molecule has 0 spiro atoms. The van der Waals surface area contributed by atoms with Gasteiger partial charge in [0, 0.05) is 0 Å². The van der Waals surface area contributed by atoms with Crippen LogP contribution in [0.15, 0.2) is 39.4 Å². The molecule has 3 rings (SSSR count). The van der Waals surface area contributed by atoms with Gasteiger partial charge in [0.05, 0.1) is 16.6 Å². The Labute approximate surface area is 113 Å². The standard InChI is InChI=1S/C12H6BrF3N2O/c13-10-4-3-9(19-10)11-17-7-2-1-6(12(14,15)16)5-8(7)18-11/h1-5H,(H,17,18). The molecule has 3 nitrogen and oxygen atoms in total. The van der Waals surface area contributed by atoms with Crippen molar-refractivity contribution in [2.24, 2.45) is 0 Å². The summed E-state index contributed by atoms with van der Waals surface area (Å²) in [5.41, 5.74) is 0.0590. The molecule has 0 saturated carbocycles. The predicted octanol–water partition coefficient (Wildman–Crippen LogP) is 4.60. The number of imidazole rings is 1. The first-order valence-corrected chi connectivity index (χ1v) is 6.05. The molecule has 0 saturated heterocycles. The van der Waals surface area contributed by atoms with Crippen molar-refractivity contribution in [2.45, 2.75) is 6.18 Å². The lowest BCUT2D eigenvalue weighted by Gasteiger charge is -2.05. The lowest BCUT2D eigenvalue weighted by molar-refractivity contribution is -0.137. The third kappa shape index (κ3) is 2.25. The van der Waals surface area contributed by atoms with Gasteiger partial charge >= 0.3 is 6.18 Å². The first-order chi connectivity index (χ1) is 8.93. The lowest BCUT2D eigenvalue weighted by atomic mass is 10.2. The fraction of sp³-hybridized carbons (Fsp3) is 0.0833.